The van der Waals surface area contributed by atoms with Crippen LogP contribution in [0, 0.1) is 6.92 Å². The standard InChI is InChI=1S/C22H23N3O5/c1-13(2)29-17-11-10-16(12-18(17)28-4)21(26)23-24-22(27)19-14(3)30-25-20(19)15-8-6-5-7-9-15/h5-13H,1-4H3,(H,23,26)(H,24,27). The monoisotopic (exact) mass is 409 g/mol. The van der Waals surface area contributed by atoms with Gasteiger partial charge in [0.1, 0.15) is 17.0 Å². The van der Waals surface area contributed by atoms with E-state index in [9.17, 15) is 9.59 Å². The lowest BCUT2D eigenvalue weighted by Crippen LogP contribution is -2.41. The average Bonchev–Trinajstić information content (AvgIpc) is 3.13. The van der Waals surface area contributed by atoms with Gasteiger partial charge in [0, 0.05) is 11.1 Å². The van der Waals surface area contributed by atoms with Gasteiger partial charge in [-0.1, -0.05) is 35.5 Å². The van der Waals surface area contributed by atoms with E-state index in [2.05, 4.69) is 16.0 Å². The summed E-state index contributed by atoms with van der Waals surface area (Å²) in [7, 11) is 1.49. The van der Waals surface area contributed by atoms with Crippen LogP contribution in [0.15, 0.2) is 53.1 Å². The van der Waals surface area contributed by atoms with Crippen molar-refractivity contribution in [3.05, 3.63) is 65.4 Å². The van der Waals surface area contributed by atoms with Gasteiger partial charge in [-0.15, -0.1) is 0 Å². The minimum Gasteiger partial charge on any atom is -0.493 e. The first-order valence-electron chi connectivity index (χ1n) is 9.37. The summed E-state index contributed by atoms with van der Waals surface area (Å²) in [6, 6.07) is 13.9. The molecule has 0 aliphatic carbocycles. The van der Waals surface area contributed by atoms with Gasteiger partial charge in [-0.3, -0.25) is 20.4 Å². The quantitative estimate of drug-likeness (QED) is 0.604. The molecule has 2 N–H and O–H groups in total. The highest BCUT2D eigenvalue weighted by Crippen LogP contribution is 2.29. The fourth-order valence-electron chi connectivity index (χ4n) is 2.84. The molecule has 1 heterocycles. The highest BCUT2D eigenvalue weighted by Gasteiger charge is 2.22. The molecule has 2 amide bonds. The lowest BCUT2D eigenvalue weighted by atomic mass is 10.1. The van der Waals surface area contributed by atoms with Crippen molar-refractivity contribution in [1.82, 2.24) is 16.0 Å². The number of methoxy groups -OCH3 is 1. The number of amides is 2. The van der Waals surface area contributed by atoms with E-state index >= 15 is 0 Å². The van der Waals surface area contributed by atoms with Crippen molar-refractivity contribution in [2.75, 3.05) is 7.11 Å². The number of hydrazine groups is 1. The lowest BCUT2D eigenvalue weighted by Gasteiger charge is -2.14. The highest BCUT2D eigenvalue weighted by atomic mass is 16.5. The molecule has 8 nitrogen and oxygen atoms in total. The number of aromatic nitrogens is 1. The summed E-state index contributed by atoms with van der Waals surface area (Å²) in [4.78, 5) is 25.2. The zero-order valence-electron chi connectivity index (χ0n) is 17.2. The van der Waals surface area contributed by atoms with Crippen molar-refractivity contribution < 1.29 is 23.6 Å². The average molecular weight is 409 g/mol. The van der Waals surface area contributed by atoms with E-state index in [0.29, 0.717) is 28.5 Å². The van der Waals surface area contributed by atoms with E-state index in [4.69, 9.17) is 14.0 Å². The van der Waals surface area contributed by atoms with Gasteiger partial charge in [0.2, 0.25) is 0 Å². The summed E-state index contributed by atoms with van der Waals surface area (Å²) in [6.07, 6.45) is -0.0384. The van der Waals surface area contributed by atoms with Gasteiger partial charge in [-0.05, 0) is 39.0 Å². The first kappa shape index (κ1) is 20.9. The summed E-state index contributed by atoms with van der Waals surface area (Å²) in [5.74, 6) is 0.253. The van der Waals surface area contributed by atoms with Crippen molar-refractivity contribution in [1.29, 1.82) is 0 Å². The number of carbonyl (C=O) groups excluding carboxylic acids is 2. The van der Waals surface area contributed by atoms with Gasteiger partial charge in [0.05, 0.1) is 13.2 Å². The van der Waals surface area contributed by atoms with Gasteiger partial charge in [0.15, 0.2) is 11.5 Å². The normalized spacial score (nSPS) is 10.6. The number of nitrogens with zero attached hydrogens (tertiary/aromatic N) is 1. The van der Waals surface area contributed by atoms with Crippen LogP contribution >= 0.6 is 0 Å². The Morgan fingerprint density at radius 2 is 1.70 bits per heavy atom. The Kier molecular flexibility index (Phi) is 6.36. The van der Waals surface area contributed by atoms with Crippen LogP contribution in [0.5, 0.6) is 11.5 Å². The van der Waals surface area contributed by atoms with E-state index in [-0.39, 0.29) is 11.7 Å². The van der Waals surface area contributed by atoms with Gasteiger partial charge in [0.25, 0.3) is 11.8 Å². The SMILES string of the molecule is COc1cc(C(=O)NNC(=O)c2c(-c3ccccc3)noc2C)ccc1OC(C)C. The Morgan fingerprint density at radius 1 is 1.00 bits per heavy atom. The second-order valence-electron chi connectivity index (χ2n) is 6.77. The molecule has 0 atom stereocenters. The molecule has 0 radical (unpaired) electrons. The molecular weight excluding hydrogens is 386 g/mol. The smallest absolute Gasteiger partial charge is 0.275 e. The molecule has 1 aromatic heterocycles. The summed E-state index contributed by atoms with van der Waals surface area (Å²) < 4.78 is 16.1. The fraction of sp³-hybridized carbons (Fsp3) is 0.227. The molecule has 0 unspecified atom stereocenters. The molecule has 0 fully saturated rings. The minimum atomic E-state index is -0.535. The predicted molar refractivity (Wildman–Crippen MR) is 110 cm³/mol. The number of rotatable bonds is 6. The van der Waals surface area contributed by atoms with Gasteiger partial charge in [-0.25, -0.2) is 0 Å². The second-order valence-corrected chi connectivity index (χ2v) is 6.77. The fourth-order valence-corrected chi connectivity index (χ4v) is 2.84. The van der Waals surface area contributed by atoms with Gasteiger partial charge < -0.3 is 14.0 Å². The highest BCUT2D eigenvalue weighted by molar-refractivity contribution is 6.03. The molecule has 0 saturated heterocycles. The molecular formula is C22H23N3O5. The molecule has 0 aliphatic heterocycles. The van der Waals surface area contributed by atoms with Crippen LogP contribution in [0.4, 0.5) is 0 Å². The Balaban J connectivity index is 1.73. The van der Waals surface area contributed by atoms with Gasteiger partial charge >= 0.3 is 0 Å². The van der Waals surface area contributed by atoms with Crippen LogP contribution < -0.4 is 20.3 Å². The largest absolute Gasteiger partial charge is 0.493 e. The number of hydrogen-bond acceptors (Lipinski definition) is 6. The molecule has 0 aliphatic rings. The van der Waals surface area contributed by atoms with E-state index in [0.717, 1.165) is 5.56 Å². The molecule has 30 heavy (non-hydrogen) atoms. The molecule has 3 rings (SSSR count). The topological polar surface area (TPSA) is 103 Å². The van der Waals surface area contributed by atoms with E-state index in [1.54, 1.807) is 25.1 Å². The summed E-state index contributed by atoms with van der Waals surface area (Å²) in [5.41, 5.74) is 6.49. The van der Waals surface area contributed by atoms with Crippen LogP contribution in [-0.2, 0) is 0 Å². The van der Waals surface area contributed by atoms with Crippen molar-refractivity contribution >= 4 is 11.8 Å². The summed E-state index contributed by atoms with van der Waals surface area (Å²) in [5, 5.41) is 3.97. The molecule has 3 aromatic rings. The maximum Gasteiger partial charge on any atom is 0.275 e. The van der Waals surface area contributed by atoms with Crippen molar-refractivity contribution in [2.45, 2.75) is 26.9 Å². The van der Waals surface area contributed by atoms with Crippen LogP contribution in [0.1, 0.15) is 40.3 Å². The first-order valence-corrected chi connectivity index (χ1v) is 9.37. The molecule has 0 spiro atoms. The number of benzene rings is 2. The van der Waals surface area contributed by atoms with Gasteiger partial charge in [-0.2, -0.15) is 0 Å². The lowest BCUT2D eigenvalue weighted by molar-refractivity contribution is 0.0845. The van der Waals surface area contributed by atoms with Crippen LogP contribution in [0.2, 0.25) is 0 Å². The third kappa shape index (κ3) is 4.60. The maximum atomic E-state index is 12.7. The van der Waals surface area contributed by atoms with E-state index in [1.165, 1.54) is 7.11 Å². The Morgan fingerprint density at radius 3 is 2.37 bits per heavy atom. The first-order chi connectivity index (χ1) is 14.4. The number of hydrogen-bond donors (Lipinski definition) is 2. The molecule has 2 aromatic carbocycles. The van der Waals surface area contributed by atoms with Crippen molar-refractivity contribution in [3.63, 3.8) is 0 Å². The molecule has 156 valence electrons. The zero-order chi connectivity index (χ0) is 21.7. The third-order valence-corrected chi connectivity index (χ3v) is 4.22. The van der Waals surface area contributed by atoms with Crippen molar-refractivity contribution in [2.24, 2.45) is 0 Å². The number of ether oxygens (including phenoxy) is 2. The Bertz CT molecular complexity index is 1040. The number of aryl methyl sites for hydroxylation is 1. The van der Waals surface area contributed by atoms with Crippen molar-refractivity contribution in [3.8, 4) is 22.8 Å². The minimum absolute atomic E-state index is 0.0384. The number of nitrogens with one attached hydrogen (secondary N) is 2. The second kappa shape index (κ2) is 9.13. The molecule has 0 saturated carbocycles. The van der Waals surface area contributed by atoms with Crippen LogP contribution in [0.3, 0.4) is 0 Å². The van der Waals surface area contributed by atoms with E-state index in [1.807, 2.05) is 44.2 Å². The zero-order valence-corrected chi connectivity index (χ0v) is 17.2. The third-order valence-electron chi connectivity index (χ3n) is 4.22. The Labute approximate surface area is 174 Å². The van der Waals surface area contributed by atoms with E-state index < -0.39 is 11.8 Å². The predicted octanol–water partition coefficient (Wildman–Crippen LogP) is 3.52. The number of carbonyl (C=O) groups is 2. The summed E-state index contributed by atoms with van der Waals surface area (Å²) in [6.45, 7) is 5.42. The Hall–Kier alpha value is -3.81. The van der Waals surface area contributed by atoms with Crippen LogP contribution in [-0.4, -0.2) is 30.2 Å². The summed E-state index contributed by atoms with van der Waals surface area (Å²) >= 11 is 0. The van der Waals surface area contributed by atoms with Crippen LogP contribution in [0.25, 0.3) is 11.3 Å². The molecule has 0 bridgehead atoms. The molecule has 8 heteroatoms. The maximum absolute atomic E-state index is 12.7.